The molecule has 0 fully saturated rings. The zero-order valence-electron chi connectivity index (χ0n) is 10.3. The highest BCUT2D eigenvalue weighted by Crippen LogP contribution is 2.14. The highest BCUT2D eigenvalue weighted by molar-refractivity contribution is 7.98. The van der Waals surface area contributed by atoms with Gasteiger partial charge < -0.3 is 10.6 Å². The number of benzene rings is 1. The summed E-state index contributed by atoms with van der Waals surface area (Å²) in [5.41, 5.74) is 0.774. The summed E-state index contributed by atoms with van der Waals surface area (Å²) in [6, 6.07) is 6.94. The number of thioether (sulfide) groups is 1. The van der Waals surface area contributed by atoms with Crippen LogP contribution in [-0.4, -0.2) is 31.3 Å². The molecular formula is C13H18FN3S. The van der Waals surface area contributed by atoms with Crippen molar-refractivity contribution in [1.29, 1.82) is 0 Å². The van der Waals surface area contributed by atoms with Gasteiger partial charge in [-0.25, -0.2) is 4.39 Å². The van der Waals surface area contributed by atoms with Gasteiger partial charge in [0, 0.05) is 31.1 Å². The molecule has 0 saturated heterocycles. The van der Waals surface area contributed by atoms with Gasteiger partial charge >= 0.3 is 0 Å². The first-order valence-electron chi connectivity index (χ1n) is 6.19. The van der Waals surface area contributed by atoms with Crippen molar-refractivity contribution in [3.63, 3.8) is 0 Å². The van der Waals surface area contributed by atoms with Crippen LogP contribution in [0.5, 0.6) is 0 Å². The molecule has 1 aromatic rings. The number of hydrogen-bond donors (Lipinski definition) is 2. The lowest BCUT2D eigenvalue weighted by Gasteiger charge is -2.15. The van der Waals surface area contributed by atoms with Crippen LogP contribution in [0.2, 0.25) is 0 Å². The molecule has 3 nitrogen and oxygen atoms in total. The fourth-order valence-electron chi connectivity index (χ4n) is 1.69. The van der Waals surface area contributed by atoms with Crippen LogP contribution in [0, 0.1) is 5.82 Å². The summed E-state index contributed by atoms with van der Waals surface area (Å²) < 4.78 is 13.3. The van der Waals surface area contributed by atoms with Crippen LogP contribution in [0.3, 0.4) is 0 Å². The van der Waals surface area contributed by atoms with Crippen molar-refractivity contribution in [1.82, 2.24) is 10.6 Å². The highest BCUT2D eigenvalue weighted by atomic mass is 32.2. The Morgan fingerprint density at radius 3 is 3.06 bits per heavy atom. The lowest BCUT2D eigenvalue weighted by molar-refractivity contribution is 0.617. The van der Waals surface area contributed by atoms with E-state index in [9.17, 15) is 4.39 Å². The van der Waals surface area contributed by atoms with E-state index >= 15 is 0 Å². The SMILES string of the molecule is Fc1ccccc1CSCCNC1=NCCCN1. The first-order chi connectivity index (χ1) is 8.86. The Hall–Kier alpha value is -1.23. The normalized spacial score (nSPS) is 14.8. The Labute approximate surface area is 111 Å². The number of hydrogen-bond acceptors (Lipinski definition) is 4. The Kier molecular flexibility index (Phi) is 5.33. The number of guanidine groups is 1. The Bertz CT molecular complexity index is 409. The van der Waals surface area contributed by atoms with Gasteiger partial charge in [0.15, 0.2) is 5.96 Å². The summed E-state index contributed by atoms with van der Waals surface area (Å²) in [5.74, 6) is 2.44. The molecule has 0 aromatic heterocycles. The molecule has 18 heavy (non-hydrogen) atoms. The van der Waals surface area contributed by atoms with Crippen molar-refractivity contribution >= 4 is 17.7 Å². The number of halogens is 1. The van der Waals surface area contributed by atoms with E-state index in [-0.39, 0.29) is 5.82 Å². The van der Waals surface area contributed by atoms with E-state index in [4.69, 9.17) is 0 Å². The van der Waals surface area contributed by atoms with Crippen LogP contribution >= 0.6 is 11.8 Å². The Balaban J connectivity index is 1.61. The first-order valence-corrected chi connectivity index (χ1v) is 7.35. The molecule has 0 unspecified atom stereocenters. The molecule has 0 bridgehead atoms. The molecule has 0 aliphatic carbocycles. The van der Waals surface area contributed by atoms with E-state index < -0.39 is 0 Å². The van der Waals surface area contributed by atoms with Gasteiger partial charge in [0.25, 0.3) is 0 Å². The van der Waals surface area contributed by atoms with Gasteiger partial charge in [-0.2, -0.15) is 11.8 Å². The Morgan fingerprint density at radius 1 is 1.39 bits per heavy atom. The molecule has 0 spiro atoms. The average molecular weight is 267 g/mol. The molecule has 1 aliphatic heterocycles. The van der Waals surface area contributed by atoms with Crippen molar-refractivity contribution in [2.75, 3.05) is 25.4 Å². The largest absolute Gasteiger partial charge is 0.356 e. The van der Waals surface area contributed by atoms with Gasteiger partial charge in [-0.05, 0) is 18.1 Å². The number of rotatable bonds is 5. The van der Waals surface area contributed by atoms with Crippen LogP contribution < -0.4 is 10.6 Å². The maximum absolute atomic E-state index is 13.3. The number of aliphatic imine (C=N–C) groups is 1. The van der Waals surface area contributed by atoms with Gasteiger partial charge in [0.2, 0.25) is 0 Å². The topological polar surface area (TPSA) is 36.4 Å². The number of nitrogens with zero attached hydrogens (tertiary/aromatic N) is 1. The minimum Gasteiger partial charge on any atom is -0.356 e. The predicted octanol–water partition coefficient (Wildman–Crippen LogP) is 2.00. The third-order valence-electron chi connectivity index (χ3n) is 2.65. The third-order valence-corrected chi connectivity index (χ3v) is 3.66. The molecule has 0 radical (unpaired) electrons. The second-order valence-corrected chi connectivity index (χ2v) is 5.19. The average Bonchev–Trinajstić information content (AvgIpc) is 2.42. The van der Waals surface area contributed by atoms with Crippen LogP contribution in [-0.2, 0) is 5.75 Å². The van der Waals surface area contributed by atoms with Gasteiger partial charge in [-0.15, -0.1) is 0 Å². The molecule has 1 aliphatic rings. The second kappa shape index (κ2) is 7.26. The molecule has 0 amide bonds. The molecular weight excluding hydrogens is 249 g/mol. The molecule has 1 heterocycles. The highest BCUT2D eigenvalue weighted by Gasteiger charge is 2.03. The van der Waals surface area contributed by atoms with Crippen molar-refractivity contribution < 1.29 is 4.39 Å². The van der Waals surface area contributed by atoms with Crippen molar-refractivity contribution in [3.05, 3.63) is 35.6 Å². The standard InChI is InChI=1S/C13H18FN3S/c14-12-5-2-1-4-11(12)10-18-9-8-17-13-15-6-3-7-16-13/h1-2,4-5H,3,6-10H2,(H2,15,16,17). The zero-order valence-corrected chi connectivity index (χ0v) is 11.1. The van der Waals surface area contributed by atoms with Gasteiger partial charge in [-0.3, -0.25) is 4.99 Å². The molecule has 1 aromatic carbocycles. The molecule has 0 atom stereocenters. The van der Waals surface area contributed by atoms with Gasteiger partial charge in [-0.1, -0.05) is 18.2 Å². The molecule has 2 rings (SSSR count). The van der Waals surface area contributed by atoms with Crippen LogP contribution in [0.15, 0.2) is 29.3 Å². The van der Waals surface area contributed by atoms with E-state index in [2.05, 4.69) is 15.6 Å². The zero-order chi connectivity index (χ0) is 12.6. The summed E-state index contributed by atoms with van der Waals surface area (Å²) >= 11 is 1.72. The van der Waals surface area contributed by atoms with E-state index in [1.807, 2.05) is 12.1 Å². The quantitative estimate of drug-likeness (QED) is 0.801. The molecule has 2 N–H and O–H groups in total. The summed E-state index contributed by atoms with van der Waals surface area (Å²) in [5, 5.41) is 6.45. The smallest absolute Gasteiger partial charge is 0.191 e. The lowest BCUT2D eigenvalue weighted by atomic mass is 10.2. The summed E-state index contributed by atoms with van der Waals surface area (Å²) in [7, 11) is 0. The minimum absolute atomic E-state index is 0.115. The Morgan fingerprint density at radius 2 is 2.28 bits per heavy atom. The maximum atomic E-state index is 13.3. The van der Waals surface area contributed by atoms with Crippen LogP contribution in [0.1, 0.15) is 12.0 Å². The summed E-state index contributed by atoms with van der Waals surface area (Å²) in [6.45, 7) is 2.75. The minimum atomic E-state index is -0.115. The monoisotopic (exact) mass is 267 g/mol. The number of nitrogens with one attached hydrogen (secondary N) is 2. The first kappa shape index (κ1) is 13.2. The maximum Gasteiger partial charge on any atom is 0.191 e. The lowest BCUT2D eigenvalue weighted by Crippen LogP contribution is -2.41. The third kappa shape index (κ3) is 4.22. The molecule has 5 heteroatoms. The molecule has 98 valence electrons. The summed E-state index contributed by atoms with van der Waals surface area (Å²) in [4.78, 5) is 4.32. The van der Waals surface area contributed by atoms with Crippen LogP contribution in [0.25, 0.3) is 0 Å². The van der Waals surface area contributed by atoms with Gasteiger partial charge in [0.05, 0.1) is 0 Å². The van der Waals surface area contributed by atoms with E-state index in [0.717, 1.165) is 43.3 Å². The van der Waals surface area contributed by atoms with Crippen molar-refractivity contribution in [3.8, 4) is 0 Å². The fraction of sp³-hybridized carbons (Fsp3) is 0.462. The fourth-order valence-corrected chi connectivity index (χ4v) is 2.53. The van der Waals surface area contributed by atoms with Crippen LogP contribution in [0.4, 0.5) is 4.39 Å². The van der Waals surface area contributed by atoms with E-state index in [0.29, 0.717) is 5.75 Å². The van der Waals surface area contributed by atoms with Crippen molar-refractivity contribution in [2.24, 2.45) is 4.99 Å². The second-order valence-electron chi connectivity index (χ2n) is 4.08. The van der Waals surface area contributed by atoms with Crippen molar-refractivity contribution in [2.45, 2.75) is 12.2 Å². The van der Waals surface area contributed by atoms with E-state index in [1.54, 1.807) is 17.8 Å². The molecule has 0 saturated carbocycles. The predicted molar refractivity (Wildman–Crippen MR) is 75.5 cm³/mol. The van der Waals surface area contributed by atoms with Gasteiger partial charge in [0.1, 0.15) is 5.82 Å². The summed E-state index contributed by atoms with van der Waals surface area (Å²) in [6.07, 6.45) is 1.10. The van der Waals surface area contributed by atoms with E-state index in [1.165, 1.54) is 6.07 Å².